The second kappa shape index (κ2) is 7.43. The van der Waals surface area contributed by atoms with Gasteiger partial charge in [-0.3, -0.25) is 4.68 Å². The molecule has 1 N–H and O–H groups in total. The Labute approximate surface area is 126 Å². The lowest BCUT2D eigenvalue weighted by Gasteiger charge is -2.26. The van der Waals surface area contributed by atoms with Crippen LogP contribution in [0.5, 0.6) is 0 Å². The lowest BCUT2D eigenvalue weighted by atomic mass is 9.94. The Morgan fingerprint density at radius 3 is 2.95 bits per heavy atom. The summed E-state index contributed by atoms with van der Waals surface area (Å²) in [7, 11) is 1.71. The average molecular weight is 300 g/mol. The fraction of sp³-hybridized carbons (Fsp3) is 0.800. The highest BCUT2D eigenvalue weighted by molar-refractivity contribution is 6.31. The minimum atomic E-state index is 0.303. The first kappa shape index (κ1) is 15.8. The molecule has 1 heterocycles. The highest BCUT2D eigenvalue weighted by atomic mass is 35.5. The van der Waals surface area contributed by atoms with Gasteiger partial charge in [-0.2, -0.15) is 5.10 Å². The quantitative estimate of drug-likeness (QED) is 0.840. The van der Waals surface area contributed by atoms with Crippen LogP contribution < -0.4 is 5.32 Å². The fourth-order valence-corrected chi connectivity index (χ4v) is 3.56. The van der Waals surface area contributed by atoms with Crippen molar-refractivity contribution in [3.8, 4) is 0 Å². The topological polar surface area (TPSA) is 39.1 Å². The third-order valence-electron chi connectivity index (χ3n) is 4.27. The molecule has 20 heavy (non-hydrogen) atoms. The van der Waals surface area contributed by atoms with Crippen LogP contribution in [0.25, 0.3) is 0 Å². The molecular formula is C15H26ClN3O. The standard InChI is InChI=1S/C15H26ClN3O/c1-4-17-14(12-6-5-11(2)9-12)15-13(16)10-18-19(15)7-8-20-3/h10-12,14,17H,4-9H2,1-3H3. The molecule has 1 aromatic rings. The molecule has 3 unspecified atom stereocenters. The van der Waals surface area contributed by atoms with Gasteiger partial charge in [0.1, 0.15) is 0 Å². The molecule has 3 atom stereocenters. The van der Waals surface area contributed by atoms with E-state index in [4.69, 9.17) is 16.3 Å². The van der Waals surface area contributed by atoms with E-state index in [1.807, 2.05) is 4.68 Å². The van der Waals surface area contributed by atoms with Crippen molar-refractivity contribution >= 4 is 11.6 Å². The largest absolute Gasteiger partial charge is 0.383 e. The van der Waals surface area contributed by atoms with Gasteiger partial charge in [-0.15, -0.1) is 0 Å². The monoisotopic (exact) mass is 299 g/mol. The van der Waals surface area contributed by atoms with Crippen molar-refractivity contribution < 1.29 is 4.74 Å². The summed E-state index contributed by atoms with van der Waals surface area (Å²) in [6.07, 6.45) is 5.61. The SMILES string of the molecule is CCNC(c1c(Cl)cnn1CCOC)C1CCC(C)C1. The van der Waals surface area contributed by atoms with Crippen molar-refractivity contribution in [1.82, 2.24) is 15.1 Å². The van der Waals surface area contributed by atoms with E-state index in [9.17, 15) is 0 Å². The zero-order valence-electron chi connectivity index (χ0n) is 12.7. The third-order valence-corrected chi connectivity index (χ3v) is 4.56. The summed E-state index contributed by atoms with van der Waals surface area (Å²) >= 11 is 6.41. The number of hydrogen-bond acceptors (Lipinski definition) is 3. The number of methoxy groups -OCH3 is 1. The van der Waals surface area contributed by atoms with Crippen molar-refractivity contribution in [2.45, 2.75) is 45.7 Å². The molecule has 0 saturated heterocycles. The number of nitrogens with one attached hydrogen (secondary N) is 1. The summed E-state index contributed by atoms with van der Waals surface area (Å²) in [4.78, 5) is 0. The van der Waals surface area contributed by atoms with Gasteiger partial charge in [0.2, 0.25) is 0 Å². The maximum atomic E-state index is 6.41. The molecule has 5 heteroatoms. The van der Waals surface area contributed by atoms with E-state index in [0.29, 0.717) is 18.6 Å². The molecule has 0 spiro atoms. The maximum absolute atomic E-state index is 6.41. The summed E-state index contributed by atoms with van der Waals surface area (Å²) in [6, 6.07) is 0.303. The van der Waals surface area contributed by atoms with Crippen molar-refractivity contribution in [3.63, 3.8) is 0 Å². The van der Waals surface area contributed by atoms with E-state index < -0.39 is 0 Å². The van der Waals surface area contributed by atoms with Gasteiger partial charge in [0.25, 0.3) is 0 Å². The van der Waals surface area contributed by atoms with Gasteiger partial charge in [0, 0.05) is 7.11 Å². The molecule has 0 amide bonds. The molecule has 1 aromatic heterocycles. The zero-order valence-corrected chi connectivity index (χ0v) is 13.5. The van der Waals surface area contributed by atoms with Crippen molar-refractivity contribution in [1.29, 1.82) is 0 Å². The summed E-state index contributed by atoms with van der Waals surface area (Å²) in [6.45, 7) is 6.84. The summed E-state index contributed by atoms with van der Waals surface area (Å²) in [5, 5.41) is 8.80. The van der Waals surface area contributed by atoms with E-state index >= 15 is 0 Å². The van der Waals surface area contributed by atoms with Crippen LogP contribution in [-0.4, -0.2) is 30.0 Å². The van der Waals surface area contributed by atoms with Gasteiger partial charge < -0.3 is 10.1 Å². The zero-order chi connectivity index (χ0) is 14.5. The van der Waals surface area contributed by atoms with Crippen LogP contribution in [0.4, 0.5) is 0 Å². The highest BCUT2D eigenvalue weighted by Crippen LogP contribution is 2.40. The van der Waals surface area contributed by atoms with Gasteiger partial charge in [0.05, 0.1) is 36.1 Å². The van der Waals surface area contributed by atoms with Crippen LogP contribution >= 0.6 is 11.6 Å². The molecule has 0 bridgehead atoms. The van der Waals surface area contributed by atoms with E-state index in [2.05, 4.69) is 24.3 Å². The molecule has 2 rings (SSSR count). The van der Waals surface area contributed by atoms with E-state index in [1.165, 1.54) is 19.3 Å². The first-order valence-electron chi connectivity index (χ1n) is 7.60. The fourth-order valence-electron chi connectivity index (χ4n) is 3.30. The van der Waals surface area contributed by atoms with Crippen LogP contribution in [0.15, 0.2) is 6.20 Å². The smallest absolute Gasteiger partial charge is 0.0834 e. The minimum Gasteiger partial charge on any atom is -0.383 e. The number of halogens is 1. The van der Waals surface area contributed by atoms with Gasteiger partial charge in [-0.1, -0.05) is 31.9 Å². The molecule has 0 radical (unpaired) electrons. The second-order valence-corrected chi connectivity index (χ2v) is 6.21. The number of ether oxygens (including phenoxy) is 1. The number of hydrogen-bond donors (Lipinski definition) is 1. The maximum Gasteiger partial charge on any atom is 0.0834 e. The third kappa shape index (κ3) is 3.54. The summed E-state index contributed by atoms with van der Waals surface area (Å²) in [5.74, 6) is 1.47. The Balaban J connectivity index is 2.21. The first-order valence-corrected chi connectivity index (χ1v) is 7.98. The molecule has 1 aliphatic rings. The van der Waals surface area contributed by atoms with Crippen LogP contribution in [-0.2, 0) is 11.3 Å². The molecule has 1 fully saturated rings. The Morgan fingerprint density at radius 2 is 2.35 bits per heavy atom. The van der Waals surface area contributed by atoms with Crippen LogP contribution in [0.1, 0.15) is 44.8 Å². The van der Waals surface area contributed by atoms with Crippen LogP contribution in [0.2, 0.25) is 5.02 Å². The molecule has 114 valence electrons. The van der Waals surface area contributed by atoms with E-state index in [0.717, 1.165) is 29.7 Å². The normalized spacial score (nSPS) is 24.2. The lowest BCUT2D eigenvalue weighted by molar-refractivity contribution is 0.180. The van der Waals surface area contributed by atoms with Crippen molar-refractivity contribution in [2.24, 2.45) is 11.8 Å². The van der Waals surface area contributed by atoms with Gasteiger partial charge >= 0.3 is 0 Å². The molecule has 0 aromatic carbocycles. The van der Waals surface area contributed by atoms with Gasteiger partial charge in [-0.25, -0.2) is 0 Å². The molecule has 1 aliphatic carbocycles. The number of rotatable bonds is 7. The van der Waals surface area contributed by atoms with E-state index in [-0.39, 0.29) is 0 Å². The van der Waals surface area contributed by atoms with Crippen molar-refractivity contribution in [2.75, 3.05) is 20.3 Å². The predicted molar refractivity (Wildman–Crippen MR) is 82.0 cm³/mol. The Morgan fingerprint density at radius 1 is 1.55 bits per heavy atom. The Kier molecular flexibility index (Phi) is 5.87. The molecular weight excluding hydrogens is 274 g/mol. The highest BCUT2D eigenvalue weighted by Gasteiger charge is 2.32. The minimum absolute atomic E-state index is 0.303. The predicted octanol–water partition coefficient (Wildman–Crippen LogP) is 3.27. The Hall–Kier alpha value is -0.580. The first-order chi connectivity index (χ1) is 9.67. The number of aromatic nitrogens is 2. The van der Waals surface area contributed by atoms with Crippen LogP contribution in [0, 0.1) is 11.8 Å². The molecule has 1 saturated carbocycles. The van der Waals surface area contributed by atoms with Crippen molar-refractivity contribution in [3.05, 3.63) is 16.9 Å². The molecule has 4 nitrogen and oxygen atoms in total. The Bertz CT molecular complexity index is 421. The molecule has 0 aliphatic heterocycles. The summed E-state index contributed by atoms with van der Waals surface area (Å²) in [5.41, 5.74) is 1.13. The average Bonchev–Trinajstić information content (AvgIpc) is 3.01. The lowest BCUT2D eigenvalue weighted by Crippen LogP contribution is -2.30. The van der Waals surface area contributed by atoms with Gasteiger partial charge in [-0.05, 0) is 31.2 Å². The summed E-state index contributed by atoms with van der Waals surface area (Å²) < 4.78 is 7.17. The number of nitrogens with zero attached hydrogens (tertiary/aromatic N) is 2. The van der Waals surface area contributed by atoms with Gasteiger partial charge in [0.15, 0.2) is 0 Å². The van der Waals surface area contributed by atoms with Crippen LogP contribution in [0.3, 0.4) is 0 Å². The second-order valence-electron chi connectivity index (χ2n) is 5.81. The van der Waals surface area contributed by atoms with E-state index in [1.54, 1.807) is 13.3 Å².